The van der Waals surface area contributed by atoms with Gasteiger partial charge in [-0.3, -0.25) is 20.4 Å². The Morgan fingerprint density at radius 3 is 2.28 bits per heavy atom. The molecule has 0 bridgehead atoms. The number of hydrogen-bond acceptors (Lipinski definition) is 5. The van der Waals surface area contributed by atoms with Gasteiger partial charge in [-0.05, 0) is 55.2 Å². The zero-order valence-electron chi connectivity index (χ0n) is 17.2. The summed E-state index contributed by atoms with van der Waals surface area (Å²) >= 11 is 0. The maximum atomic E-state index is 12.2. The lowest BCUT2D eigenvalue weighted by Crippen LogP contribution is -2.48. The number of methoxy groups -OCH3 is 1. The minimum atomic E-state index is -0.775. The fourth-order valence-corrected chi connectivity index (χ4v) is 2.55. The van der Waals surface area contributed by atoms with Crippen LogP contribution in [0.4, 0.5) is 0 Å². The summed E-state index contributed by atoms with van der Waals surface area (Å²) in [6.45, 7) is 5.60. The first kappa shape index (κ1) is 22.1. The lowest BCUT2D eigenvalue weighted by atomic mass is 9.98. The normalized spacial score (nSPS) is 12.4. The second-order valence-electron chi connectivity index (χ2n) is 6.61. The molecular weight excluding hydrogens is 372 g/mol. The van der Waals surface area contributed by atoms with Crippen molar-refractivity contribution in [3.63, 3.8) is 0 Å². The molecule has 0 aromatic heterocycles. The van der Waals surface area contributed by atoms with Gasteiger partial charge in [-0.2, -0.15) is 0 Å². The Bertz CT molecular complexity index is 807. The fraction of sp³-hybridized carbons (Fsp3) is 0.364. The number of hydrogen-bond donors (Lipinski definition) is 2. The van der Waals surface area contributed by atoms with Gasteiger partial charge in [0.05, 0.1) is 7.11 Å². The molecule has 0 aliphatic rings. The lowest BCUT2D eigenvalue weighted by molar-refractivity contribution is -0.133. The summed E-state index contributed by atoms with van der Waals surface area (Å²) in [5.41, 5.74) is 5.73. The molecule has 0 spiro atoms. The zero-order valence-corrected chi connectivity index (χ0v) is 17.2. The molecule has 0 aliphatic heterocycles. The molecule has 2 amide bonds. The van der Waals surface area contributed by atoms with Crippen molar-refractivity contribution >= 4 is 11.8 Å². The molecule has 0 radical (unpaired) electrons. The molecular formula is C22H28N2O5. The van der Waals surface area contributed by atoms with Crippen LogP contribution in [0.1, 0.15) is 38.7 Å². The molecule has 29 heavy (non-hydrogen) atoms. The Balaban J connectivity index is 1.80. The molecule has 2 unspecified atom stereocenters. The third-order valence-electron chi connectivity index (χ3n) is 4.49. The van der Waals surface area contributed by atoms with E-state index in [-0.39, 0.29) is 6.61 Å². The van der Waals surface area contributed by atoms with E-state index in [1.54, 1.807) is 38.3 Å². The number of para-hydroxylation sites is 1. The second kappa shape index (κ2) is 10.9. The molecule has 7 heteroatoms. The van der Waals surface area contributed by atoms with Crippen LogP contribution in [0, 0.1) is 0 Å². The highest BCUT2D eigenvalue weighted by Crippen LogP contribution is 2.29. The maximum Gasteiger partial charge on any atom is 0.279 e. The maximum absolute atomic E-state index is 12.2. The number of rotatable bonds is 9. The first-order valence-electron chi connectivity index (χ1n) is 9.55. The van der Waals surface area contributed by atoms with Crippen LogP contribution in [-0.4, -0.2) is 31.6 Å². The third kappa shape index (κ3) is 6.71. The second-order valence-corrected chi connectivity index (χ2v) is 6.61. The molecule has 0 fully saturated rings. The van der Waals surface area contributed by atoms with Crippen molar-refractivity contribution in [2.75, 3.05) is 13.7 Å². The summed E-state index contributed by atoms with van der Waals surface area (Å²) in [6, 6.07) is 14.5. The van der Waals surface area contributed by atoms with Crippen LogP contribution in [0.2, 0.25) is 0 Å². The summed E-state index contributed by atoms with van der Waals surface area (Å²) in [5.74, 6) is 1.25. The average Bonchev–Trinajstić information content (AvgIpc) is 2.76. The van der Waals surface area contributed by atoms with E-state index in [9.17, 15) is 9.59 Å². The lowest BCUT2D eigenvalue weighted by Gasteiger charge is -2.19. The van der Waals surface area contributed by atoms with E-state index in [1.807, 2.05) is 24.3 Å². The van der Waals surface area contributed by atoms with Gasteiger partial charge in [0, 0.05) is 0 Å². The Labute approximate surface area is 171 Å². The Morgan fingerprint density at radius 1 is 0.966 bits per heavy atom. The summed E-state index contributed by atoms with van der Waals surface area (Å²) in [6.07, 6.45) is 0.189. The van der Waals surface area contributed by atoms with Gasteiger partial charge in [0.25, 0.3) is 11.8 Å². The Morgan fingerprint density at radius 2 is 1.62 bits per heavy atom. The van der Waals surface area contributed by atoms with Crippen molar-refractivity contribution in [2.45, 2.75) is 39.2 Å². The van der Waals surface area contributed by atoms with E-state index in [1.165, 1.54) is 0 Å². The SMILES string of the molecule is CCC(C)c1ccccc1OC(C)C(=O)NNC(=O)COc1ccc(OC)cc1. The van der Waals surface area contributed by atoms with Gasteiger partial charge in [-0.25, -0.2) is 0 Å². The minimum absolute atomic E-state index is 0.237. The summed E-state index contributed by atoms with van der Waals surface area (Å²) in [5, 5.41) is 0. The molecule has 0 saturated heterocycles. The highest BCUT2D eigenvalue weighted by molar-refractivity contribution is 5.85. The van der Waals surface area contributed by atoms with Crippen LogP contribution < -0.4 is 25.1 Å². The summed E-state index contributed by atoms with van der Waals surface area (Å²) in [7, 11) is 1.57. The Kier molecular flexibility index (Phi) is 8.33. The summed E-state index contributed by atoms with van der Waals surface area (Å²) in [4.78, 5) is 24.1. The molecule has 2 N–H and O–H groups in total. The number of benzene rings is 2. The average molecular weight is 400 g/mol. The fourth-order valence-electron chi connectivity index (χ4n) is 2.55. The standard InChI is InChI=1S/C22H28N2O5/c1-5-15(2)19-8-6-7-9-20(19)29-16(3)22(26)24-23-21(25)14-28-18-12-10-17(27-4)11-13-18/h6-13,15-16H,5,14H2,1-4H3,(H,23,25)(H,24,26). The van der Waals surface area contributed by atoms with Crippen LogP contribution in [0.25, 0.3) is 0 Å². The van der Waals surface area contributed by atoms with E-state index in [4.69, 9.17) is 14.2 Å². The number of carbonyl (C=O) groups excluding carboxylic acids is 2. The van der Waals surface area contributed by atoms with Gasteiger partial charge in [-0.1, -0.05) is 32.0 Å². The van der Waals surface area contributed by atoms with Gasteiger partial charge in [0.1, 0.15) is 17.2 Å². The van der Waals surface area contributed by atoms with Gasteiger partial charge < -0.3 is 14.2 Å². The first-order chi connectivity index (χ1) is 13.9. The smallest absolute Gasteiger partial charge is 0.279 e. The number of amides is 2. The van der Waals surface area contributed by atoms with Crippen molar-refractivity contribution < 1.29 is 23.8 Å². The van der Waals surface area contributed by atoms with Crippen LogP contribution in [0.15, 0.2) is 48.5 Å². The number of carbonyl (C=O) groups is 2. The molecule has 2 aromatic carbocycles. The van der Waals surface area contributed by atoms with Gasteiger partial charge in [-0.15, -0.1) is 0 Å². The number of ether oxygens (including phenoxy) is 3. The minimum Gasteiger partial charge on any atom is -0.497 e. The van der Waals surface area contributed by atoms with E-state index in [0.717, 1.165) is 12.0 Å². The van der Waals surface area contributed by atoms with Gasteiger partial charge in [0.15, 0.2) is 12.7 Å². The number of nitrogens with one attached hydrogen (secondary N) is 2. The monoisotopic (exact) mass is 400 g/mol. The molecule has 2 atom stereocenters. The number of hydrazine groups is 1. The van der Waals surface area contributed by atoms with Crippen LogP contribution in [0.3, 0.4) is 0 Å². The molecule has 0 saturated carbocycles. The van der Waals surface area contributed by atoms with Crippen LogP contribution in [0.5, 0.6) is 17.2 Å². The van der Waals surface area contributed by atoms with Gasteiger partial charge in [0.2, 0.25) is 0 Å². The van der Waals surface area contributed by atoms with E-state index in [2.05, 4.69) is 24.7 Å². The molecule has 2 rings (SSSR count). The van der Waals surface area contributed by atoms with E-state index < -0.39 is 17.9 Å². The van der Waals surface area contributed by atoms with Crippen molar-refractivity contribution in [1.29, 1.82) is 0 Å². The molecule has 7 nitrogen and oxygen atoms in total. The van der Waals surface area contributed by atoms with Crippen LogP contribution in [-0.2, 0) is 9.59 Å². The predicted molar refractivity (Wildman–Crippen MR) is 110 cm³/mol. The Hall–Kier alpha value is -3.22. The highest BCUT2D eigenvalue weighted by atomic mass is 16.5. The zero-order chi connectivity index (χ0) is 21.2. The third-order valence-corrected chi connectivity index (χ3v) is 4.49. The predicted octanol–water partition coefficient (Wildman–Crippen LogP) is 3.20. The van der Waals surface area contributed by atoms with Crippen molar-refractivity contribution in [3.8, 4) is 17.2 Å². The molecule has 2 aromatic rings. The highest BCUT2D eigenvalue weighted by Gasteiger charge is 2.18. The van der Waals surface area contributed by atoms with E-state index in [0.29, 0.717) is 23.2 Å². The first-order valence-corrected chi connectivity index (χ1v) is 9.55. The largest absolute Gasteiger partial charge is 0.497 e. The van der Waals surface area contributed by atoms with Crippen molar-refractivity contribution in [3.05, 3.63) is 54.1 Å². The molecule has 156 valence electrons. The molecule has 0 aliphatic carbocycles. The molecule has 0 heterocycles. The van der Waals surface area contributed by atoms with Gasteiger partial charge >= 0.3 is 0 Å². The van der Waals surface area contributed by atoms with Crippen LogP contribution >= 0.6 is 0 Å². The van der Waals surface area contributed by atoms with E-state index >= 15 is 0 Å². The summed E-state index contributed by atoms with van der Waals surface area (Å²) < 4.78 is 16.2. The van der Waals surface area contributed by atoms with Crippen molar-refractivity contribution in [2.24, 2.45) is 0 Å². The topological polar surface area (TPSA) is 85.9 Å². The van der Waals surface area contributed by atoms with Crippen molar-refractivity contribution in [1.82, 2.24) is 10.9 Å². The quantitative estimate of drug-likeness (QED) is 0.632.